The van der Waals surface area contributed by atoms with Crippen LogP contribution in [0.15, 0.2) is 60.9 Å². The number of likely N-dealkylation sites (tertiary alicyclic amines) is 1. The van der Waals surface area contributed by atoms with Crippen LogP contribution in [0.2, 0.25) is 0 Å². The molecule has 2 fully saturated rings. The fraction of sp³-hybridized carbons (Fsp3) is 0.375. The van der Waals surface area contributed by atoms with Crippen molar-refractivity contribution in [2.24, 2.45) is 5.92 Å². The second-order valence-electron chi connectivity index (χ2n) is 8.41. The van der Waals surface area contributed by atoms with Crippen molar-refractivity contribution in [2.45, 2.75) is 43.7 Å². The molecule has 3 atom stereocenters. The van der Waals surface area contributed by atoms with E-state index < -0.39 is 5.60 Å². The van der Waals surface area contributed by atoms with E-state index in [1.165, 1.54) is 6.33 Å². The molecule has 1 aromatic heterocycles. The molecule has 2 aliphatic rings. The number of carbonyl (C=O) groups is 1. The molecule has 1 amide bonds. The number of nitrogens with one attached hydrogen (secondary N) is 1. The zero-order chi connectivity index (χ0) is 20.6. The Morgan fingerprint density at radius 2 is 1.83 bits per heavy atom. The number of hydrogen-bond acceptors (Lipinski definition) is 4. The van der Waals surface area contributed by atoms with Gasteiger partial charge in [0.1, 0.15) is 6.33 Å². The lowest BCUT2D eigenvalue weighted by atomic mass is 9.66. The highest BCUT2D eigenvalue weighted by molar-refractivity contribution is 5.95. The van der Waals surface area contributed by atoms with E-state index in [0.717, 1.165) is 36.8 Å². The third-order valence-electron chi connectivity index (χ3n) is 6.83. The van der Waals surface area contributed by atoms with Crippen LogP contribution in [0, 0.1) is 5.92 Å². The Morgan fingerprint density at radius 1 is 1.07 bits per heavy atom. The molecule has 154 valence electrons. The predicted octanol–water partition coefficient (Wildman–Crippen LogP) is 3.76. The van der Waals surface area contributed by atoms with Gasteiger partial charge in [0.25, 0.3) is 5.91 Å². The van der Waals surface area contributed by atoms with Gasteiger partial charge in [-0.05, 0) is 37.0 Å². The Balaban J connectivity index is 1.41. The molecule has 1 aliphatic heterocycles. The maximum atomic E-state index is 13.4. The van der Waals surface area contributed by atoms with Gasteiger partial charge in [-0.25, -0.2) is 4.98 Å². The van der Waals surface area contributed by atoms with Crippen LogP contribution in [0.25, 0.3) is 11.4 Å². The molecule has 2 heterocycles. The van der Waals surface area contributed by atoms with Crippen molar-refractivity contribution in [3.63, 3.8) is 0 Å². The second kappa shape index (κ2) is 7.69. The topological polar surface area (TPSA) is 82.1 Å². The first-order valence-corrected chi connectivity index (χ1v) is 10.7. The van der Waals surface area contributed by atoms with Crippen molar-refractivity contribution in [1.82, 2.24) is 20.1 Å². The molecule has 0 unspecified atom stereocenters. The molecule has 0 bridgehead atoms. The van der Waals surface area contributed by atoms with E-state index in [-0.39, 0.29) is 17.9 Å². The normalized spacial score (nSPS) is 26.2. The van der Waals surface area contributed by atoms with Crippen molar-refractivity contribution in [1.29, 1.82) is 0 Å². The molecule has 3 aromatic rings. The Labute approximate surface area is 176 Å². The van der Waals surface area contributed by atoms with E-state index in [1.807, 2.05) is 59.5 Å². The van der Waals surface area contributed by atoms with Crippen LogP contribution in [-0.2, 0) is 5.60 Å². The minimum atomic E-state index is -0.862. The standard InChI is InChI=1S/C24H26N4O2/c29-23(18-12-10-17(11-13-18)22-25-16-26-27-22)28-15-14-24(30,19-6-2-1-3-7-19)20-8-4-5-9-21(20)28/h1-3,6-7,10-13,16,20-21,30H,4-5,8-9,14-15H2,(H,25,26,27)/t20-,21+,24+/m0/s1. The second-order valence-corrected chi connectivity index (χ2v) is 8.41. The molecule has 0 spiro atoms. The molecule has 2 N–H and O–H groups in total. The van der Waals surface area contributed by atoms with Crippen molar-refractivity contribution in [3.05, 3.63) is 72.1 Å². The number of aromatic amines is 1. The lowest BCUT2D eigenvalue weighted by molar-refractivity contribution is -0.110. The molecule has 2 aromatic carbocycles. The number of rotatable bonds is 3. The Morgan fingerprint density at radius 3 is 2.57 bits per heavy atom. The summed E-state index contributed by atoms with van der Waals surface area (Å²) in [6, 6.07) is 17.6. The zero-order valence-corrected chi connectivity index (χ0v) is 16.9. The van der Waals surface area contributed by atoms with Crippen molar-refractivity contribution >= 4 is 5.91 Å². The van der Waals surface area contributed by atoms with Crippen LogP contribution in [0.4, 0.5) is 0 Å². The van der Waals surface area contributed by atoms with E-state index in [0.29, 0.717) is 24.4 Å². The van der Waals surface area contributed by atoms with Crippen LogP contribution >= 0.6 is 0 Å². The summed E-state index contributed by atoms with van der Waals surface area (Å²) in [5.41, 5.74) is 1.69. The van der Waals surface area contributed by atoms with Gasteiger partial charge in [-0.15, -0.1) is 0 Å². The first kappa shape index (κ1) is 19.0. The van der Waals surface area contributed by atoms with Gasteiger partial charge in [-0.2, -0.15) is 5.10 Å². The highest BCUT2D eigenvalue weighted by Gasteiger charge is 2.50. The number of fused-ring (bicyclic) bond motifs is 1. The third kappa shape index (κ3) is 3.21. The number of amides is 1. The molecule has 1 saturated carbocycles. The minimum absolute atomic E-state index is 0.0473. The van der Waals surface area contributed by atoms with Crippen LogP contribution in [-0.4, -0.2) is 43.7 Å². The number of H-pyrrole nitrogens is 1. The Bertz CT molecular complexity index is 1000. The maximum Gasteiger partial charge on any atom is 0.254 e. The lowest BCUT2D eigenvalue weighted by Crippen LogP contribution is -2.58. The molecule has 30 heavy (non-hydrogen) atoms. The molecule has 5 rings (SSSR count). The summed E-state index contributed by atoms with van der Waals surface area (Å²) in [7, 11) is 0. The largest absolute Gasteiger partial charge is 0.385 e. The van der Waals surface area contributed by atoms with Crippen molar-refractivity contribution in [3.8, 4) is 11.4 Å². The van der Waals surface area contributed by atoms with E-state index in [2.05, 4.69) is 15.2 Å². The number of aromatic nitrogens is 3. The number of carbonyl (C=O) groups excluding carboxylic acids is 1. The first-order valence-electron chi connectivity index (χ1n) is 10.7. The van der Waals surface area contributed by atoms with Gasteiger partial charge in [-0.3, -0.25) is 9.89 Å². The van der Waals surface area contributed by atoms with Crippen molar-refractivity contribution in [2.75, 3.05) is 6.54 Å². The van der Waals surface area contributed by atoms with Crippen LogP contribution < -0.4 is 0 Å². The Hall–Kier alpha value is -2.99. The summed E-state index contributed by atoms with van der Waals surface area (Å²) in [6.07, 6.45) is 6.13. The van der Waals surface area contributed by atoms with Crippen LogP contribution in [0.5, 0.6) is 0 Å². The van der Waals surface area contributed by atoms with Gasteiger partial charge in [-0.1, -0.05) is 55.3 Å². The molecule has 6 heteroatoms. The summed E-state index contributed by atoms with van der Waals surface area (Å²) >= 11 is 0. The number of hydrogen-bond donors (Lipinski definition) is 2. The molecule has 6 nitrogen and oxygen atoms in total. The van der Waals surface area contributed by atoms with Gasteiger partial charge in [0.05, 0.1) is 5.60 Å². The molecular formula is C24H26N4O2. The van der Waals surface area contributed by atoms with Gasteiger partial charge in [0.2, 0.25) is 0 Å². The van der Waals surface area contributed by atoms with Crippen LogP contribution in [0.3, 0.4) is 0 Å². The number of benzene rings is 2. The summed E-state index contributed by atoms with van der Waals surface area (Å²) in [6.45, 7) is 0.565. The SMILES string of the molecule is O=C(c1ccc(-c2ncn[nH]2)cc1)N1CC[C@@](O)(c2ccccc2)[C@H]2CCCC[C@H]21. The van der Waals surface area contributed by atoms with E-state index >= 15 is 0 Å². The fourth-order valence-electron chi connectivity index (χ4n) is 5.30. The maximum absolute atomic E-state index is 13.4. The summed E-state index contributed by atoms with van der Waals surface area (Å²) in [4.78, 5) is 19.6. The average Bonchev–Trinajstić information content (AvgIpc) is 3.35. The lowest BCUT2D eigenvalue weighted by Gasteiger charge is -2.52. The van der Waals surface area contributed by atoms with E-state index in [4.69, 9.17) is 0 Å². The fourth-order valence-corrected chi connectivity index (χ4v) is 5.30. The number of aliphatic hydroxyl groups is 1. The summed E-state index contributed by atoms with van der Waals surface area (Å²) < 4.78 is 0. The van der Waals surface area contributed by atoms with Crippen LogP contribution in [0.1, 0.15) is 48.0 Å². The van der Waals surface area contributed by atoms with Gasteiger partial charge in [0.15, 0.2) is 5.82 Å². The number of piperidine rings is 1. The molecule has 1 saturated heterocycles. The van der Waals surface area contributed by atoms with Crippen molar-refractivity contribution < 1.29 is 9.90 Å². The van der Waals surface area contributed by atoms with Gasteiger partial charge < -0.3 is 10.0 Å². The Kier molecular flexibility index (Phi) is 4.87. The minimum Gasteiger partial charge on any atom is -0.385 e. The third-order valence-corrected chi connectivity index (χ3v) is 6.83. The van der Waals surface area contributed by atoms with Gasteiger partial charge in [0, 0.05) is 29.6 Å². The zero-order valence-electron chi connectivity index (χ0n) is 16.9. The van der Waals surface area contributed by atoms with E-state index in [1.54, 1.807) is 0 Å². The van der Waals surface area contributed by atoms with E-state index in [9.17, 15) is 9.90 Å². The predicted molar refractivity (Wildman–Crippen MR) is 114 cm³/mol. The highest BCUT2D eigenvalue weighted by atomic mass is 16.3. The summed E-state index contributed by atoms with van der Waals surface area (Å²) in [5, 5.41) is 18.4. The first-order chi connectivity index (χ1) is 14.7. The number of nitrogens with zero attached hydrogens (tertiary/aromatic N) is 3. The summed E-state index contributed by atoms with van der Waals surface area (Å²) in [5.74, 6) is 0.804. The molecule has 1 aliphatic carbocycles. The highest BCUT2D eigenvalue weighted by Crippen LogP contribution is 2.47. The molecular weight excluding hydrogens is 376 g/mol. The van der Waals surface area contributed by atoms with Gasteiger partial charge >= 0.3 is 0 Å². The average molecular weight is 402 g/mol. The smallest absolute Gasteiger partial charge is 0.254 e. The molecule has 0 radical (unpaired) electrons. The monoisotopic (exact) mass is 402 g/mol. The quantitative estimate of drug-likeness (QED) is 0.699.